The smallest absolute Gasteiger partial charge is 0.147 e. The lowest BCUT2D eigenvalue weighted by atomic mass is 9.97. The highest BCUT2D eigenvalue weighted by atomic mass is 15.1. The van der Waals surface area contributed by atoms with Crippen molar-refractivity contribution in [1.29, 1.82) is 0 Å². The molecule has 35 heavy (non-hydrogen) atoms. The molecule has 0 radical (unpaired) electrons. The number of aromatic nitrogens is 3. The van der Waals surface area contributed by atoms with Crippen LogP contribution in [0.5, 0.6) is 0 Å². The van der Waals surface area contributed by atoms with Crippen molar-refractivity contribution in [2.45, 2.75) is 12.8 Å². The zero-order chi connectivity index (χ0) is 22.9. The zero-order valence-corrected chi connectivity index (χ0v) is 19.1. The highest BCUT2D eigenvalue weighted by Gasteiger charge is 2.28. The molecule has 0 N–H and O–H groups in total. The summed E-state index contributed by atoms with van der Waals surface area (Å²) in [5.74, 6) is 0.145. The van der Waals surface area contributed by atoms with Crippen molar-refractivity contribution < 1.29 is 0 Å². The molecular weight excluding hydrogens is 428 g/mol. The number of hydrogen-bond donors (Lipinski definition) is 0. The third kappa shape index (κ3) is 2.51. The van der Waals surface area contributed by atoms with Gasteiger partial charge in [0.15, 0.2) is 0 Å². The molecule has 4 heteroatoms. The van der Waals surface area contributed by atoms with Gasteiger partial charge in [0.25, 0.3) is 0 Å². The summed E-state index contributed by atoms with van der Waals surface area (Å²) in [5, 5.41) is 4.84. The van der Waals surface area contributed by atoms with Crippen LogP contribution >= 0.6 is 0 Å². The molecule has 2 aromatic carbocycles. The molecule has 166 valence electrons. The lowest BCUT2D eigenvalue weighted by Gasteiger charge is -2.16. The van der Waals surface area contributed by atoms with Gasteiger partial charge in [-0.05, 0) is 37.1 Å². The summed E-state index contributed by atoms with van der Waals surface area (Å²) in [6.45, 7) is 0. The molecular formula is C31H22N4. The summed E-state index contributed by atoms with van der Waals surface area (Å²) in [5.41, 5.74) is 8.06. The normalized spacial score (nSPS) is 19.1. The van der Waals surface area contributed by atoms with E-state index in [9.17, 15) is 0 Å². The Morgan fingerprint density at radius 3 is 2.49 bits per heavy atom. The van der Waals surface area contributed by atoms with E-state index in [4.69, 9.17) is 9.98 Å². The van der Waals surface area contributed by atoms with Crippen LogP contribution in [-0.4, -0.2) is 19.8 Å². The second kappa shape index (κ2) is 7.03. The first-order valence-corrected chi connectivity index (χ1v) is 12.2. The summed E-state index contributed by atoms with van der Waals surface area (Å²) in [4.78, 5) is 9.86. The number of aliphatic imine (C=N–C) groups is 1. The van der Waals surface area contributed by atoms with Gasteiger partial charge >= 0.3 is 0 Å². The van der Waals surface area contributed by atoms with Crippen LogP contribution in [0.15, 0.2) is 108 Å². The monoisotopic (exact) mass is 450 g/mol. The Kier molecular flexibility index (Phi) is 3.80. The summed E-state index contributed by atoms with van der Waals surface area (Å²) < 4.78 is 4.76. The van der Waals surface area contributed by atoms with Gasteiger partial charge in [-0.2, -0.15) is 0 Å². The van der Waals surface area contributed by atoms with Crippen LogP contribution in [0.4, 0.5) is 0 Å². The van der Waals surface area contributed by atoms with E-state index < -0.39 is 0 Å². The topological polar surface area (TPSA) is 35.1 Å². The molecule has 0 bridgehead atoms. The van der Waals surface area contributed by atoms with Crippen LogP contribution in [0.25, 0.3) is 55.1 Å². The molecule has 0 fully saturated rings. The van der Waals surface area contributed by atoms with Crippen LogP contribution in [0.2, 0.25) is 0 Å². The molecule has 0 saturated heterocycles. The molecule has 3 aromatic heterocycles. The van der Waals surface area contributed by atoms with Crippen LogP contribution in [0, 0.1) is 5.92 Å². The van der Waals surface area contributed by atoms with E-state index in [-0.39, 0.29) is 5.92 Å². The Hall–Kier alpha value is -4.44. The largest absolute Gasteiger partial charge is 0.309 e. The van der Waals surface area contributed by atoms with E-state index in [0.29, 0.717) is 0 Å². The maximum Gasteiger partial charge on any atom is 0.147 e. The lowest BCUT2D eigenvalue weighted by molar-refractivity contribution is 1.02. The molecule has 5 aromatic rings. The third-order valence-corrected chi connectivity index (χ3v) is 7.47. The highest BCUT2D eigenvalue weighted by molar-refractivity contribution is 6.26. The van der Waals surface area contributed by atoms with Gasteiger partial charge in [-0.1, -0.05) is 66.8 Å². The van der Waals surface area contributed by atoms with Gasteiger partial charge in [-0.3, -0.25) is 9.56 Å². The molecule has 8 rings (SSSR count). The molecule has 1 aliphatic heterocycles. The number of hydrogen-bond acceptors (Lipinski definition) is 2. The van der Waals surface area contributed by atoms with Gasteiger partial charge in [0, 0.05) is 34.3 Å². The molecule has 1 unspecified atom stereocenters. The van der Waals surface area contributed by atoms with E-state index in [0.717, 1.165) is 35.4 Å². The average Bonchev–Trinajstić information content (AvgIpc) is 3.59. The Labute approximate surface area is 202 Å². The van der Waals surface area contributed by atoms with Crippen LogP contribution < -0.4 is 0 Å². The summed E-state index contributed by atoms with van der Waals surface area (Å²) in [6.07, 6.45) is 21.6. The maximum absolute atomic E-state index is 5.12. The zero-order valence-electron chi connectivity index (χ0n) is 19.1. The van der Waals surface area contributed by atoms with Crippen molar-refractivity contribution >= 4 is 60.8 Å². The maximum atomic E-state index is 5.12. The first-order valence-electron chi connectivity index (χ1n) is 12.2. The predicted octanol–water partition coefficient (Wildman–Crippen LogP) is 7.48. The molecule has 0 saturated carbocycles. The number of rotatable bonds is 2. The first-order chi connectivity index (χ1) is 17.4. The van der Waals surface area contributed by atoms with Crippen LogP contribution in [0.3, 0.4) is 0 Å². The lowest BCUT2D eigenvalue weighted by Crippen LogP contribution is -2.14. The minimum Gasteiger partial charge on any atom is -0.309 e. The van der Waals surface area contributed by atoms with E-state index >= 15 is 0 Å². The molecule has 4 heterocycles. The first kappa shape index (κ1) is 18.9. The minimum absolute atomic E-state index is 0.145. The summed E-state index contributed by atoms with van der Waals surface area (Å²) in [7, 11) is 0. The number of allylic oxidation sites excluding steroid dienone is 9. The van der Waals surface area contributed by atoms with Gasteiger partial charge < -0.3 is 4.57 Å². The van der Waals surface area contributed by atoms with E-state index in [2.05, 4.69) is 106 Å². The minimum atomic E-state index is 0.145. The van der Waals surface area contributed by atoms with Crippen LogP contribution in [0.1, 0.15) is 12.8 Å². The van der Waals surface area contributed by atoms with Gasteiger partial charge in [-0.15, -0.1) is 0 Å². The van der Waals surface area contributed by atoms with E-state index in [1.54, 1.807) is 0 Å². The van der Waals surface area contributed by atoms with Crippen molar-refractivity contribution in [1.82, 2.24) is 14.1 Å². The van der Waals surface area contributed by atoms with Crippen molar-refractivity contribution in [3.8, 4) is 0 Å². The van der Waals surface area contributed by atoms with Gasteiger partial charge in [0.1, 0.15) is 5.65 Å². The fraction of sp³-hybridized carbons (Fsp3) is 0.0968. The second-order valence-electron chi connectivity index (χ2n) is 9.36. The molecule has 3 aliphatic rings. The standard InChI is InChI=1S/C31H22N4/c1-2-10-20(11-3-1)34-26-16-8-5-12-21(26)24-18-33-31-29(30(24)34)23-14-6-9-17-27(23)35(31)28-19-32-25-15-7-4-13-22(25)28/h2,4-19,22H,1,3H2. The van der Waals surface area contributed by atoms with E-state index in [1.807, 2.05) is 6.20 Å². The number of nitrogens with zero attached hydrogens (tertiary/aromatic N) is 4. The number of pyridine rings is 1. The second-order valence-corrected chi connectivity index (χ2v) is 9.36. The van der Waals surface area contributed by atoms with Crippen molar-refractivity contribution in [2.75, 3.05) is 0 Å². The quantitative estimate of drug-likeness (QED) is 0.274. The predicted molar refractivity (Wildman–Crippen MR) is 146 cm³/mol. The number of fused-ring (bicyclic) bond motifs is 8. The molecule has 4 nitrogen and oxygen atoms in total. The third-order valence-electron chi connectivity index (χ3n) is 7.47. The average molecular weight is 451 g/mol. The fourth-order valence-electron chi connectivity index (χ4n) is 5.97. The van der Waals surface area contributed by atoms with Crippen molar-refractivity contribution in [3.05, 3.63) is 103 Å². The van der Waals surface area contributed by atoms with Crippen molar-refractivity contribution in [2.24, 2.45) is 10.9 Å². The van der Waals surface area contributed by atoms with Gasteiger partial charge in [0.05, 0.1) is 39.3 Å². The van der Waals surface area contributed by atoms with Crippen molar-refractivity contribution in [3.63, 3.8) is 0 Å². The Morgan fingerprint density at radius 2 is 1.63 bits per heavy atom. The molecule has 0 spiro atoms. The van der Waals surface area contributed by atoms with Gasteiger partial charge in [-0.25, -0.2) is 4.98 Å². The molecule has 2 aliphatic carbocycles. The Morgan fingerprint density at radius 1 is 0.800 bits per heavy atom. The summed E-state index contributed by atoms with van der Waals surface area (Å²) >= 11 is 0. The van der Waals surface area contributed by atoms with Crippen LogP contribution in [-0.2, 0) is 0 Å². The summed E-state index contributed by atoms with van der Waals surface area (Å²) in [6, 6.07) is 17.4. The fourth-order valence-corrected chi connectivity index (χ4v) is 5.97. The molecule has 1 atom stereocenters. The number of benzene rings is 2. The number of para-hydroxylation sites is 2. The Bertz CT molecular complexity index is 1900. The SMILES string of the molecule is C1=CC2=NC=C(n3c4ccccc4c4c3ncc3c5ccccc5n(C5=CCCC=C5)c34)C2C=C1. The Balaban J connectivity index is 1.55. The van der Waals surface area contributed by atoms with Gasteiger partial charge in [0.2, 0.25) is 0 Å². The van der Waals surface area contributed by atoms with E-state index in [1.165, 1.54) is 38.3 Å². The highest BCUT2D eigenvalue weighted by Crippen LogP contribution is 2.43. The molecule has 0 amide bonds.